The molecule has 0 spiro atoms. The van der Waals surface area contributed by atoms with Crippen LogP contribution in [-0.2, 0) is 19.1 Å². The van der Waals surface area contributed by atoms with Crippen LogP contribution in [-0.4, -0.2) is 50.7 Å². The monoisotopic (exact) mass is 278 g/mol. The third-order valence-electron chi connectivity index (χ3n) is 2.72. The molecule has 0 aromatic carbocycles. The normalized spacial score (nSPS) is 12.3. The lowest BCUT2D eigenvalue weighted by atomic mass is 10.0. The second-order valence-electron chi connectivity index (χ2n) is 5.24. The van der Waals surface area contributed by atoms with E-state index < -0.39 is 27.9 Å². The smallest absolute Gasteiger partial charge is 0.320 e. The number of methoxy groups -OCH3 is 2. The SMILES string of the molecule is COC(=O)C(CCCCCS(C)(C)C)C(=O)OC. The first-order valence-corrected chi connectivity index (χ1v) is 9.16. The average Bonchev–Trinajstić information content (AvgIpc) is 2.30. The molecule has 0 unspecified atom stereocenters. The molecule has 0 N–H and O–H groups in total. The van der Waals surface area contributed by atoms with E-state index in [-0.39, 0.29) is 0 Å². The average molecular weight is 278 g/mol. The summed E-state index contributed by atoms with van der Waals surface area (Å²) in [5.41, 5.74) is 0. The molecule has 0 aromatic rings. The van der Waals surface area contributed by atoms with Gasteiger partial charge in [0.05, 0.1) is 14.2 Å². The van der Waals surface area contributed by atoms with Crippen LogP contribution >= 0.6 is 10.0 Å². The van der Waals surface area contributed by atoms with E-state index in [0.717, 1.165) is 19.3 Å². The molecule has 0 bridgehead atoms. The van der Waals surface area contributed by atoms with Crippen LogP contribution in [0.1, 0.15) is 25.7 Å². The van der Waals surface area contributed by atoms with Gasteiger partial charge in [0.1, 0.15) is 0 Å². The van der Waals surface area contributed by atoms with Gasteiger partial charge >= 0.3 is 11.9 Å². The molecule has 18 heavy (non-hydrogen) atoms. The predicted molar refractivity (Wildman–Crippen MR) is 76.2 cm³/mol. The van der Waals surface area contributed by atoms with E-state index in [1.165, 1.54) is 20.0 Å². The highest BCUT2D eigenvalue weighted by Crippen LogP contribution is 2.35. The predicted octanol–water partition coefficient (Wildman–Crippen LogP) is 2.20. The number of esters is 2. The summed E-state index contributed by atoms with van der Waals surface area (Å²) in [6.07, 6.45) is 10.4. The van der Waals surface area contributed by atoms with E-state index in [2.05, 4.69) is 28.2 Å². The molecule has 4 nitrogen and oxygen atoms in total. The minimum atomic E-state index is -0.762. The summed E-state index contributed by atoms with van der Waals surface area (Å²) < 4.78 is 9.22. The number of carbonyl (C=O) groups is 2. The maximum absolute atomic E-state index is 11.4. The van der Waals surface area contributed by atoms with Gasteiger partial charge in [-0.05, 0) is 37.4 Å². The van der Waals surface area contributed by atoms with Crippen molar-refractivity contribution in [1.82, 2.24) is 0 Å². The lowest BCUT2D eigenvalue weighted by Crippen LogP contribution is -2.26. The molecule has 0 aliphatic rings. The first-order chi connectivity index (χ1) is 8.31. The van der Waals surface area contributed by atoms with Crippen LogP contribution < -0.4 is 0 Å². The summed E-state index contributed by atoms with van der Waals surface area (Å²) in [5.74, 6) is -0.526. The topological polar surface area (TPSA) is 52.6 Å². The number of hydrogen-bond acceptors (Lipinski definition) is 4. The number of ether oxygens (including phenoxy) is 2. The molecule has 0 saturated heterocycles. The zero-order chi connectivity index (χ0) is 14.2. The second-order valence-corrected chi connectivity index (χ2v) is 9.83. The van der Waals surface area contributed by atoms with Gasteiger partial charge in [0.25, 0.3) is 0 Å². The number of unbranched alkanes of at least 4 members (excludes halogenated alkanes) is 2. The molecule has 0 fully saturated rings. The van der Waals surface area contributed by atoms with Crippen molar-refractivity contribution in [2.24, 2.45) is 5.92 Å². The lowest BCUT2D eigenvalue weighted by Gasteiger charge is -2.24. The van der Waals surface area contributed by atoms with Gasteiger partial charge < -0.3 is 9.47 Å². The Morgan fingerprint density at radius 1 is 0.944 bits per heavy atom. The molecule has 5 heteroatoms. The van der Waals surface area contributed by atoms with E-state index in [9.17, 15) is 9.59 Å². The van der Waals surface area contributed by atoms with Crippen molar-refractivity contribution in [3.63, 3.8) is 0 Å². The molecular weight excluding hydrogens is 252 g/mol. The van der Waals surface area contributed by atoms with Gasteiger partial charge in [0, 0.05) is 0 Å². The van der Waals surface area contributed by atoms with Crippen LogP contribution in [0.25, 0.3) is 0 Å². The van der Waals surface area contributed by atoms with Crippen LogP contribution in [0.4, 0.5) is 0 Å². The Morgan fingerprint density at radius 2 is 1.44 bits per heavy atom. The van der Waals surface area contributed by atoms with E-state index in [0.29, 0.717) is 6.42 Å². The molecule has 0 aliphatic carbocycles. The lowest BCUT2D eigenvalue weighted by molar-refractivity contribution is -0.159. The maximum atomic E-state index is 11.4. The maximum Gasteiger partial charge on any atom is 0.320 e. The minimum absolute atomic E-state index is 0.450. The fourth-order valence-electron chi connectivity index (χ4n) is 1.68. The van der Waals surface area contributed by atoms with Gasteiger partial charge in [-0.25, -0.2) is 10.0 Å². The van der Waals surface area contributed by atoms with Crippen LogP contribution in [0.2, 0.25) is 0 Å². The van der Waals surface area contributed by atoms with E-state index in [4.69, 9.17) is 0 Å². The molecule has 0 heterocycles. The summed E-state index contributed by atoms with van der Waals surface area (Å²) in [7, 11) is 2.14. The van der Waals surface area contributed by atoms with Crippen molar-refractivity contribution < 1.29 is 19.1 Å². The van der Waals surface area contributed by atoms with Crippen LogP contribution in [0.3, 0.4) is 0 Å². The largest absolute Gasteiger partial charge is 0.468 e. The Labute approximate surface area is 112 Å². The van der Waals surface area contributed by atoms with Gasteiger partial charge in [0.15, 0.2) is 5.92 Å². The molecule has 0 rings (SSSR count). The highest BCUT2D eigenvalue weighted by atomic mass is 32.3. The quantitative estimate of drug-likeness (QED) is 0.388. The third-order valence-corrected chi connectivity index (χ3v) is 4.23. The second kappa shape index (κ2) is 8.40. The van der Waals surface area contributed by atoms with Crippen molar-refractivity contribution >= 4 is 22.0 Å². The Kier molecular flexibility index (Phi) is 8.07. The van der Waals surface area contributed by atoms with E-state index >= 15 is 0 Å². The molecule has 0 radical (unpaired) electrons. The van der Waals surface area contributed by atoms with Gasteiger partial charge in [-0.3, -0.25) is 9.59 Å². The number of rotatable bonds is 8. The van der Waals surface area contributed by atoms with Gasteiger partial charge in [-0.1, -0.05) is 12.8 Å². The van der Waals surface area contributed by atoms with Crippen molar-refractivity contribution in [3.05, 3.63) is 0 Å². The summed E-state index contributed by atoms with van der Waals surface area (Å²) in [6, 6.07) is 0. The number of hydrogen-bond donors (Lipinski definition) is 0. The zero-order valence-corrected chi connectivity index (χ0v) is 13.0. The van der Waals surface area contributed by atoms with Crippen molar-refractivity contribution in [1.29, 1.82) is 0 Å². The Morgan fingerprint density at radius 3 is 1.83 bits per heavy atom. The van der Waals surface area contributed by atoms with Crippen molar-refractivity contribution in [3.8, 4) is 0 Å². The molecule has 0 aromatic heterocycles. The van der Waals surface area contributed by atoms with E-state index in [1.54, 1.807) is 0 Å². The summed E-state index contributed by atoms with van der Waals surface area (Å²) >= 11 is 0. The van der Waals surface area contributed by atoms with Crippen molar-refractivity contribution in [2.75, 3.05) is 38.7 Å². The molecule has 108 valence electrons. The zero-order valence-electron chi connectivity index (χ0n) is 12.2. The molecular formula is C13H26O4S. The summed E-state index contributed by atoms with van der Waals surface area (Å²) in [5, 5.41) is 0. The fraction of sp³-hybridized carbons (Fsp3) is 0.846. The molecule has 0 saturated carbocycles. The summed E-state index contributed by atoms with van der Waals surface area (Å²) in [4.78, 5) is 22.8. The fourth-order valence-corrected chi connectivity index (χ4v) is 2.75. The highest BCUT2D eigenvalue weighted by Gasteiger charge is 2.27. The van der Waals surface area contributed by atoms with Gasteiger partial charge in [-0.15, -0.1) is 0 Å². The third kappa shape index (κ3) is 7.58. The van der Waals surface area contributed by atoms with Crippen LogP contribution in [0.15, 0.2) is 0 Å². The first-order valence-electron chi connectivity index (χ1n) is 6.13. The summed E-state index contributed by atoms with van der Waals surface area (Å²) in [6.45, 7) is 0. The Bertz CT molecular complexity index is 255. The van der Waals surface area contributed by atoms with Gasteiger partial charge in [0.2, 0.25) is 0 Å². The highest BCUT2D eigenvalue weighted by molar-refractivity contribution is 8.32. The minimum Gasteiger partial charge on any atom is -0.468 e. The van der Waals surface area contributed by atoms with E-state index in [1.807, 2.05) is 0 Å². The van der Waals surface area contributed by atoms with Gasteiger partial charge in [-0.2, -0.15) is 0 Å². The Hall–Kier alpha value is -0.710. The van der Waals surface area contributed by atoms with Crippen LogP contribution in [0.5, 0.6) is 0 Å². The Balaban J connectivity index is 3.98. The molecule has 0 aliphatic heterocycles. The molecule has 0 atom stereocenters. The molecule has 0 amide bonds. The standard InChI is InChI=1S/C13H26O4S/c1-16-12(14)11(13(15)17-2)9-7-6-8-10-18(3,4)5/h11H,6-10H2,1-5H3. The van der Waals surface area contributed by atoms with Crippen LogP contribution in [0, 0.1) is 5.92 Å². The van der Waals surface area contributed by atoms with Crippen molar-refractivity contribution in [2.45, 2.75) is 25.7 Å². The number of carbonyl (C=O) groups excluding carboxylic acids is 2. The first kappa shape index (κ1) is 17.3.